The van der Waals surface area contributed by atoms with Crippen LogP contribution in [0.15, 0.2) is 54.6 Å². The third kappa shape index (κ3) is 2.47. The molecule has 0 aliphatic carbocycles. The van der Waals surface area contributed by atoms with E-state index in [9.17, 15) is 0 Å². The number of fused-ring (bicyclic) bond motifs is 1. The van der Waals surface area contributed by atoms with Crippen molar-refractivity contribution in [2.24, 2.45) is 0 Å². The molecule has 4 rings (SSSR count). The summed E-state index contributed by atoms with van der Waals surface area (Å²) in [7, 11) is 4.05. The molecule has 2 aromatic carbocycles. The van der Waals surface area contributed by atoms with Crippen molar-refractivity contribution in [2.45, 2.75) is 0 Å². The predicted octanol–water partition coefficient (Wildman–Crippen LogP) is 3.59. The highest BCUT2D eigenvalue weighted by molar-refractivity contribution is 7.19. The van der Waals surface area contributed by atoms with E-state index in [4.69, 9.17) is 0 Å². The Morgan fingerprint density at radius 1 is 0.870 bits per heavy atom. The van der Waals surface area contributed by atoms with Crippen molar-refractivity contribution in [3.63, 3.8) is 0 Å². The van der Waals surface area contributed by atoms with Crippen molar-refractivity contribution < 1.29 is 0 Å². The molecule has 0 radical (unpaired) electrons. The Balaban J connectivity index is 1.77. The zero-order chi connectivity index (χ0) is 15.8. The van der Waals surface area contributed by atoms with Gasteiger partial charge in [-0.1, -0.05) is 41.7 Å². The number of nitrogens with zero attached hydrogens (tertiary/aromatic N) is 5. The highest BCUT2D eigenvalue weighted by Crippen LogP contribution is 2.28. The van der Waals surface area contributed by atoms with Gasteiger partial charge < -0.3 is 4.90 Å². The second kappa shape index (κ2) is 5.48. The summed E-state index contributed by atoms with van der Waals surface area (Å²) in [6.45, 7) is 0. The molecule has 0 aliphatic rings. The van der Waals surface area contributed by atoms with Crippen molar-refractivity contribution in [1.29, 1.82) is 0 Å². The molecule has 0 bridgehead atoms. The minimum atomic E-state index is 0.767. The summed E-state index contributed by atoms with van der Waals surface area (Å²) >= 11 is 1.54. The van der Waals surface area contributed by atoms with Gasteiger partial charge in [-0.15, -0.1) is 10.2 Å². The molecule has 114 valence electrons. The first-order valence-electron chi connectivity index (χ1n) is 7.28. The molecule has 0 unspecified atom stereocenters. The Labute approximate surface area is 137 Å². The van der Waals surface area contributed by atoms with E-state index in [1.807, 2.05) is 48.9 Å². The van der Waals surface area contributed by atoms with Crippen LogP contribution in [-0.4, -0.2) is 33.9 Å². The second-order valence-corrected chi connectivity index (χ2v) is 6.39. The third-order valence-corrected chi connectivity index (χ3v) is 4.60. The van der Waals surface area contributed by atoms with E-state index in [0.29, 0.717) is 0 Å². The minimum absolute atomic E-state index is 0.767. The first-order valence-corrected chi connectivity index (χ1v) is 8.09. The number of hydrogen-bond donors (Lipinski definition) is 0. The van der Waals surface area contributed by atoms with Gasteiger partial charge in [0.25, 0.3) is 0 Å². The summed E-state index contributed by atoms with van der Waals surface area (Å²) in [6.07, 6.45) is 0. The van der Waals surface area contributed by atoms with Crippen LogP contribution in [0.5, 0.6) is 0 Å². The molecule has 0 saturated carbocycles. The molecule has 0 atom stereocenters. The maximum Gasteiger partial charge on any atom is 0.235 e. The quantitative estimate of drug-likeness (QED) is 0.578. The zero-order valence-electron chi connectivity index (χ0n) is 12.8. The zero-order valence-corrected chi connectivity index (χ0v) is 13.7. The van der Waals surface area contributed by atoms with Gasteiger partial charge in [0.15, 0.2) is 5.82 Å². The van der Waals surface area contributed by atoms with Gasteiger partial charge >= 0.3 is 0 Å². The molecular weight excluding hydrogens is 306 g/mol. The first-order chi connectivity index (χ1) is 11.2. The Morgan fingerprint density at radius 3 is 2.30 bits per heavy atom. The smallest absolute Gasteiger partial charge is 0.235 e. The predicted molar refractivity (Wildman–Crippen MR) is 93.9 cm³/mol. The molecule has 2 aromatic heterocycles. The Morgan fingerprint density at radius 2 is 1.61 bits per heavy atom. The summed E-state index contributed by atoms with van der Waals surface area (Å²) in [4.78, 5) is 2.87. The van der Waals surface area contributed by atoms with Crippen LogP contribution < -0.4 is 4.90 Å². The Hall–Kier alpha value is -2.73. The average Bonchev–Trinajstić information content (AvgIpc) is 3.16. The molecule has 4 aromatic rings. The lowest BCUT2D eigenvalue weighted by Gasteiger charge is -2.11. The molecule has 2 heterocycles. The van der Waals surface area contributed by atoms with Crippen LogP contribution in [0.3, 0.4) is 0 Å². The third-order valence-electron chi connectivity index (χ3n) is 3.65. The summed E-state index contributed by atoms with van der Waals surface area (Å²) in [5.74, 6) is 0.767. The van der Waals surface area contributed by atoms with E-state index in [2.05, 4.69) is 44.5 Å². The van der Waals surface area contributed by atoms with Crippen LogP contribution in [0.1, 0.15) is 0 Å². The lowest BCUT2D eigenvalue weighted by molar-refractivity contribution is 0.970. The number of benzene rings is 2. The van der Waals surface area contributed by atoms with Gasteiger partial charge in [-0.3, -0.25) is 0 Å². The van der Waals surface area contributed by atoms with Gasteiger partial charge in [-0.2, -0.15) is 9.61 Å². The number of rotatable bonds is 3. The van der Waals surface area contributed by atoms with Crippen molar-refractivity contribution in [3.05, 3.63) is 54.6 Å². The van der Waals surface area contributed by atoms with Crippen LogP contribution >= 0.6 is 11.3 Å². The van der Waals surface area contributed by atoms with Crippen molar-refractivity contribution in [2.75, 3.05) is 19.0 Å². The number of aromatic nitrogens is 4. The Bertz CT molecular complexity index is 938. The van der Waals surface area contributed by atoms with Crippen LogP contribution in [0.4, 0.5) is 5.69 Å². The normalized spacial score (nSPS) is 11.0. The van der Waals surface area contributed by atoms with E-state index in [1.165, 1.54) is 0 Å². The van der Waals surface area contributed by atoms with Gasteiger partial charge in [0.05, 0.1) is 0 Å². The molecule has 0 aliphatic heterocycles. The van der Waals surface area contributed by atoms with E-state index in [-0.39, 0.29) is 0 Å². The van der Waals surface area contributed by atoms with E-state index >= 15 is 0 Å². The number of anilines is 1. The maximum absolute atomic E-state index is 4.68. The standard InChI is InChI=1S/C17H15N5S/c1-21(2)14-10-8-12(9-11-14)15-18-19-17-22(15)20-16(23-17)13-6-4-3-5-7-13/h3-11H,1-2H3. The second-order valence-electron chi connectivity index (χ2n) is 5.43. The van der Waals surface area contributed by atoms with Gasteiger partial charge in [-0.25, -0.2) is 0 Å². The molecule has 0 N–H and O–H groups in total. The van der Waals surface area contributed by atoms with E-state index < -0.39 is 0 Å². The minimum Gasteiger partial charge on any atom is -0.378 e. The monoisotopic (exact) mass is 321 g/mol. The van der Waals surface area contributed by atoms with Gasteiger partial charge in [0.2, 0.25) is 4.96 Å². The fourth-order valence-electron chi connectivity index (χ4n) is 2.40. The van der Waals surface area contributed by atoms with Crippen LogP contribution in [-0.2, 0) is 0 Å². The molecule has 0 saturated heterocycles. The summed E-state index contributed by atoms with van der Waals surface area (Å²) in [5.41, 5.74) is 3.25. The van der Waals surface area contributed by atoms with Crippen LogP contribution in [0.25, 0.3) is 26.9 Å². The summed E-state index contributed by atoms with van der Waals surface area (Å²) in [5, 5.41) is 14.2. The lowest BCUT2D eigenvalue weighted by atomic mass is 10.2. The SMILES string of the molecule is CN(C)c1ccc(-c2nnc3sc(-c4ccccc4)nn23)cc1. The summed E-state index contributed by atoms with van der Waals surface area (Å²) < 4.78 is 1.82. The van der Waals surface area contributed by atoms with E-state index in [0.717, 1.165) is 32.6 Å². The maximum atomic E-state index is 4.68. The Kier molecular flexibility index (Phi) is 3.31. The molecular formula is C17H15N5S. The van der Waals surface area contributed by atoms with Crippen molar-refractivity contribution in [3.8, 4) is 22.0 Å². The van der Waals surface area contributed by atoms with Gasteiger partial charge in [-0.05, 0) is 24.3 Å². The van der Waals surface area contributed by atoms with E-state index in [1.54, 1.807) is 11.3 Å². The highest BCUT2D eigenvalue weighted by Gasteiger charge is 2.14. The largest absolute Gasteiger partial charge is 0.378 e. The summed E-state index contributed by atoms with van der Waals surface area (Å²) in [6, 6.07) is 18.4. The fourth-order valence-corrected chi connectivity index (χ4v) is 3.25. The van der Waals surface area contributed by atoms with Crippen molar-refractivity contribution in [1.82, 2.24) is 19.8 Å². The van der Waals surface area contributed by atoms with Crippen molar-refractivity contribution >= 4 is 22.0 Å². The fraction of sp³-hybridized carbons (Fsp3) is 0.118. The first kappa shape index (κ1) is 13.9. The van der Waals surface area contributed by atoms with Crippen LogP contribution in [0.2, 0.25) is 0 Å². The molecule has 23 heavy (non-hydrogen) atoms. The molecule has 5 nitrogen and oxygen atoms in total. The number of hydrogen-bond acceptors (Lipinski definition) is 5. The topological polar surface area (TPSA) is 46.3 Å². The molecule has 6 heteroatoms. The van der Waals surface area contributed by atoms with Gasteiger partial charge in [0.1, 0.15) is 5.01 Å². The molecule has 0 amide bonds. The lowest BCUT2D eigenvalue weighted by Crippen LogP contribution is -2.08. The van der Waals surface area contributed by atoms with Crippen LogP contribution in [0, 0.1) is 0 Å². The molecule has 0 fully saturated rings. The highest BCUT2D eigenvalue weighted by atomic mass is 32.1. The van der Waals surface area contributed by atoms with Gasteiger partial charge in [0, 0.05) is 30.9 Å². The average molecular weight is 321 g/mol. The molecule has 0 spiro atoms.